The number of methoxy groups -OCH3 is 2. The molecule has 1 saturated carbocycles. The largest absolute Gasteiger partial charge is 0.481 e. The summed E-state index contributed by atoms with van der Waals surface area (Å²) in [6.45, 7) is 1.23. The van der Waals surface area contributed by atoms with Crippen molar-refractivity contribution in [2.45, 2.75) is 64.0 Å². The number of aryl methyl sites for hydroxylation is 1. The molecule has 48 heavy (non-hydrogen) atoms. The van der Waals surface area contributed by atoms with Crippen molar-refractivity contribution < 1.29 is 27.8 Å². The first kappa shape index (κ1) is 33.2. The monoisotopic (exact) mass is 654 g/mol. The summed E-state index contributed by atoms with van der Waals surface area (Å²) in [7, 11) is 3.05. The molecule has 2 atom stereocenters. The normalized spacial score (nSPS) is 17.5. The third-order valence-electron chi connectivity index (χ3n) is 9.28. The second-order valence-corrected chi connectivity index (χ2v) is 12.5. The number of nitrogens with one attached hydrogen (secondary N) is 2. The quantitative estimate of drug-likeness (QED) is 0.163. The molecule has 2 N–H and O–H groups in total. The van der Waals surface area contributed by atoms with Crippen LogP contribution in [0.3, 0.4) is 0 Å². The van der Waals surface area contributed by atoms with Crippen molar-refractivity contribution in [3.05, 3.63) is 83.4 Å². The van der Waals surface area contributed by atoms with Gasteiger partial charge in [0.1, 0.15) is 17.4 Å². The highest BCUT2D eigenvalue weighted by molar-refractivity contribution is 5.80. The van der Waals surface area contributed by atoms with Gasteiger partial charge in [-0.05, 0) is 68.8 Å². The Balaban J connectivity index is 1.20. The smallest absolute Gasteiger partial charge is 0.220 e. The van der Waals surface area contributed by atoms with Crippen LogP contribution in [0.5, 0.6) is 11.8 Å². The van der Waals surface area contributed by atoms with Gasteiger partial charge in [-0.1, -0.05) is 36.4 Å². The third kappa shape index (κ3) is 7.39. The van der Waals surface area contributed by atoms with E-state index in [2.05, 4.69) is 20.6 Å². The van der Waals surface area contributed by atoms with Gasteiger partial charge in [0.05, 0.1) is 25.6 Å². The van der Waals surface area contributed by atoms with Crippen molar-refractivity contribution in [3.63, 3.8) is 0 Å². The first-order valence-electron chi connectivity index (χ1n) is 16.5. The SMILES string of the molecule is COc1nc(-c2cccc(-c3cccc(-c4ccc(CNC[C@@H]5CCC(=O)C5)c(OC)n4)c3F)c2F)ccc1CCC[C@@H]1CCC(=O)N1. The van der Waals surface area contributed by atoms with Gasteiger partial charge in [-0.25, -0.2) is 18.7 Å². The summed E-state index contributed by atoms with van der Waals surface area (Å²) in [6, 6.07) is 17.1. The number of benzene rings is 2. The lowest BCUT2D eigenvalue weighted by atomic mass is 9.96. The number of hydrogen-bond donors (Lipinski definition) is 2. The van der Waals surface area contributed by atoms with Crippen molar-refractivity contribution in [1.82, 2.24) is 20.6 Å². The average Bonchev–Trinajstić information content (AvgIpc) is 3.72. The molecule has 2 fully saturated rings. The Bertz CT molecular complexity index is 1680. The van der Waals surface area contributed by atoms with Crippen LogP contribution in [-0.2, 0) is 22.6 Å². The van der Waals surface area contributed by atoms with Crippen LogP contribution in [-0.4, -0.2) is 48.5 Å². The minimum atomic E-state index is -0.598. The van der Waals surface area contributed by atoms with Gasteiger partial charge in [0.15, 0.2) is 0 Å². The average molecular weight is 655 g/mol. The topological polar surface area (TPSA) is 102 Å². The number of aromatic nitrogens is 2. The predicted molar refractivity (Wildman–Crippen MR) is 180 cm³/mol. The van der Waals surface area contributed by atoms with E-state index in [1.807, 2.05) is 12.1 Å². The van der Waals surface area contributed by atoms with Gasteiger partial charge < -0.3 is 20.1 Å². The fourth-order valence-corrected chi connectivity index (χ4v) is 6.70. The third-order valence-corrected chi connectivity index (χ3v) is 9.28. The van der Waals surface area contributed by atoms with Crippen LogP contribution in [0, 0.1) is 17.6 Å². The zero-order valence-corrected chi connectivity index (χ0v) is 27.3. The predicted octanol–water partition coefficient (Wildman–Crippen LogP) is 6.83. The van der Waals surface area contributed by atoms with Crippen molar-refractivity contribution in [1.29, 1.82) is 0 Å². The van der Waals surface area contributed by atoms with Crippen LogP contribution in [0.2, 0.25) is 0 Å². The molecule has 2 aromatic carbocycles. The summed E-state index contributed by atoms with van der Waals surface area (Å²) in [4.78, 5) is 32.3. The van der Waals surface area contributed by atoms with E-state index >= 15 is 8.78 Å². The molecule has 1 amide bonds. The number of halogens is 2. The maximum Gasteiger partial charge on any atom is 0.220 e. The molecule has 4 aromatic rings. The molecule has 6 rings (SSSR count). The molecule has 0 unspecified atom stereocenters. The highest BCUT2D eigenvalue weighted by atomic mass is 19.1. The number of hydrogen-bond acceptors (Lipinski definition) is 7. The van der Waals surface area contributed by atoms with Crippen molar-refractivity contribution >= 4 is 11.7 Å². The number of pyridine rings is 2. The molecule has 1 aliphatic heterocycles. The molecule has 0 bridgehead atoms. The summed E-state index contributed by atoms with van der Waals surface area (Å²) in [5, 5.41) is 6.37. The number of rotatable bonds is 13. The Kier molecular flexibility index (Phi) is 10.4. The number of carbonyl (C=O) groups excluding carboxylic acids is 2. The second kappa shape index (κ2) is 15.0. The van der Waals surface area contributed by atoms with E-state index in [9.17, 15) is 9.59 Å². The first-order valence-corrected chi connectivity index (χ1v) is 16.5. The Morgan fingerprint density at radius 2 is 1.40 bits per heavy atom. The van der Waals surface area contributed by atoms with Gasteiger partial charge >= 0.3 is 0 Å². The van der Waals surface area contributed by atoms with Gasteiger partial charge in [-0.15, -0.1) is 0 Å². The molecule has 0 spiro atoms. The van der Waals surface area contributed by atoms with E-state index in [4.69, 9.17) is 9.47 Å². The fraction of sp³-hybridized carbons (Fsp3) is 0.368. The summed E-state index contributed by atoms with van der Waals surface area (Å²) >= 11 is 0. The van der Waals surface area contributed by atoms with Crippen molar-refractivity contribution in [2.24, 2.45) is 5.92 Å². The molecule has 2 aliphatic rings. The summed E-state index contributed by atoms with van der Waals surface area (Å²) in [5.41, 5.74) is 3.12. The molecular formula is C38H40F2N4O4. The van der Waals surface area contributed by atoms with E-state index in [1.54, 1.807) is 48.5 Å². The highest BCUT2D eigenvalue weighted by Crippen LogP contribution is 2.36. The van der Waals surface area contributed by atoms with Crippen LogP contribution in [0.15, 0.2) is 60.7 Å². The first-order chi connectivity index (χ1) is 23.3. The van der Waals surface area contributed by atoms with E-state index in [0.29, 0.717) is 67.1 Å². The molecule has 250 valence electrons. The second-order valence-electron chi connectivity index (χ2n) is 12.5. The van der Waals surface area contributed by atoms with Crippen molar-refractivity contribution in [3.8, 4) is 45.4 Å². The van der Waals surface area contributed by atoms with E-state index < -0.39 is 11.6 Å². The fourth-order valence-electron chi connectivity index (χ4n) is 6.70. The van der Waals surface area contributed by atoms with E-state index in [-0.39, 0.29) is 34.2 Å². The van der Waals surface area contributed by atoms with Gasteiger partial charge in [-0.3, -0.25) is 9.59 Å². The lowest BCUT2D eigenvalue weighted by Crippen LogP contribution is -2.25. The van der Waals surface area contributed by atoms with Gasteiger partial charge in [0.2, 0.25) is 17.7 Å². The van der Waals surface area contributed by atoms with E-state index in [1.165, 1.54) is 14.2 Å². The summed E-state index contributed by atoms with van der Waals surface area (Å²) in [5.74, 6) is 0.342. The van der Waals surface area contributed by atoms with E-state index in [0.717, 1.165) is 43.4 Å². The lowest BCUT2D eigenvalue weighted by Gasteiger charge is -2.15. The number of nitrogens with zero attached hydrogens (tertiary/aromatic N) is 2. The van der Waals surface area contributed by atoms with Crippen LogP contribution < -0.4 is 20.1 Å². The van der Waals surface area contributed by atoms with Crippen LogP contribution >= 0.6 is 0 Å². The Morgan fingerprint density at radius 1 is 0.792 bits per heavy atom. The van der Waals surface area contributed by atoms with Crippen LogP contribution in [0.1, 0.15) is 56.1 Å². The highest BCUT2D eigenvalue weighted by Gasteiger charge is 2.23. The maximum absolute atomic E-state index is 16.2. The molecule has 8 nitrogen and oxygen atoms in total. The van der Waals surface area contributed by atoms with Gasteiger partial charge in [-0.2, -0.15) is 0 Å². The molecule has 1 saturated heterocycles. The van der Waals surface area contributed by atoms with Crippen LogP contribution in [0.4, 0.5) is 8.78 Å². The minimum absolute atomic E-state index is 0.102. The zero-order valence-electron chi connectivity index (χ0n) is 27.3. The summed E-state index contributed by atoms with van der Waals surface area (Å²) in [6.07, 6.45) is 6.02. The zero-order chi connectivity index (χ0) is 33.6. The van der Waals surface area contributed by atoms with Gasteiger partial charge in [0.25, 0.3) is 0 Å². The molecule has 3 heterocycles. The number of ketones is 1. The standard InChI is InChI=1S/C38H40F2N4O4/c1-47-37-24(6-3-7-26-15-19-34(46)42-26)13-17-32(43-37)30-10-4-8-28(35(30)39)29-9-5-11-31(36(29)40)33-18-14-25(38(44-33)48-2)22-41-21-23-12-16-27(45)20-23/h4-5,8-11,13-14,17-18,23,26,41H,3,6-7,12,15-16,19-22H2,1-2H3,(H,42,46)/t23-,26-/m1/s1. The summed E-state index contributed by atoms with van der Waals surface area (Å²) < 4.78 is 43.5. The molecule has 1 aliphatic carbocycles. The number of ether oxygens (including phenoxy) is 2. The Hall–Kier alpha value is -4.70. The number of carbonyl (C=O) groups is 2. The Morgan fingerprint density at radius 3 is 1.96 bits per heavy atom. The Labute approximate surface area is 279 Å². The molecule has 10 heteroatoms. The lowest BCUT2D eigenvalue weighted by molar-refractivity contribution is -0.119. The number of Topliss-reactive ketones (excluding diaryl/α,β-unsaturated/α-hetero) is 1. The molecule has 0 radical (unpaired) electrons. The molecule has 2 aromatic heterocycles. The van der Waals surface area contributed by atoms with Gasteiger partial charge in [0, 0.05) is 65.2 Å². The minimum Gasteiger partial charge on any atom is -0.481 e. The maximum atomic E-state index is 16.2. The molecular weight excluding hydrogens is 614 g/mol. The number of amides is 1. The van der Waals surface area contributed by atoms with Crippen LogP contribution in [0.25, 0.3) is 33.6 Å². The van der Waals surface area contributed by atoms with Crippen molar-refractivity contribution in [2.75, 3.05) is 20.8 Å².